The Balaban J connectivity index is 0.00000392. The van der Waals surface area contributed by atoms with Gasteiger partial charge in [0, 0.05) is 58.5 Å². The van der Waals surface area contributed by atoms with E-state index in [9.17, 15) is 0 Å². The third-order valence-corrected chi connectivity index (χ3v) is 5.41. The normalized spacial score (nSPS) is 22.9. The maximum Gasteiger partial charge on any atom is 0.191 e. The molecule has 2 rings (SSSR count). The smallest absolute Gasteiger partial charge is 0.191 e. The third kappa shape index (κ3) is 9.56. The van der Waals surface area contributed by atoms with Crippen molar-refractivity contribution in [1.29, 1.82) is 0 Å². The Morgan fingerprint density at radius 2 is 1.96 bits per heavy atom. The summed E-state index contributed by atoms with van der Waals surface area (Å²) >= 11 is 0. The highest BCUT2D eigenvalue weighted by atomic mass is 127. The minimum atomic E-state index is 0. The molecule has 2 fully saturated rings. The van der Waals surface area contributed by atoms with Crippen LogP contribution in [0.4, 0.5) is 0 Å². The van der Waals surface area contributed by atoms with Gasteiger partial charge in [0.2, 0.25) is 0 Å². The van der Waals surface area contributed by atoms with Crippen molar-refractivity contribution in [2.75, 3.05) is 72.7 Å². The summed E-state index contributed by atoms with van der Waals surface area (Å²) in [7, 11) is 2.20. The molecule has 2 atom stereocenters. The van der Waals surface area contributed by atoms with Gasteiger partial charge >= 0.3 is 0 Å². The molecule has 28 heavy (non-hydrogen) atoms. The number of piperazine rings is 1. The van der Waals surface area contributed by atoms with Crippen LogP contribution in [0.15, 0.2) is 4.99 Å². The van der Waals surface area contributed by atoms with E-state index in [2.05, 4.69) is 48.3 Å². The van der Waals surface area contributed by atoms with Crippen molar-refractivity contribution >= 4 is 29.9 Å². The van der Waals surface area contributed by atoms with E-state index in [-0.39, 0.29) is 24.0 Å². The molecule has 0 aromatic rings. The molecule has 0 spiro atoms. The highest BCUT2D eigenvalue weighted by Crippen LogP contribution is 2.14. The van der Waals surface area contributed by atoms with Gasteiger partial charge in [0.25, 0.3) is 0 Å². The SMILES string of the molecule is CCNC(=NCC(C(C)C)N1CCN(C)CC1)NCCCOC1CCOC1.I. The van der Waals surface area contributed by atoms with Crippen LogP contribution < -0.4 is 10.6 Å². The molecule has 2 saturated heterocycles. The lowest BCUT2D eigenvalue weighted by atomic mass is 10.0. The molecule has 7 nitrogen and oxygen atoms in total. The van der Waals surface area contributed by atoms with Gasteiger partial charge in [-0.2, -0.15) is 0 Å². The number of rotatable bonds is 10. The van der Waals surface area contributed by atoms with Crippen LogP contribution in [-0.2, 0) is 9.47 Å². The number of likely N-dealkylation sites (N-methyl/N-ethyl adjacent to an activating group) is 1. The summed E-state index contributed by atoms with van der Waals surface area (Å²) in [5.74, 6) is 1.52. The summed E-state index contributed by atoms with van der Waals surface area (Å²) in [5.41, 5.74) is 0. The lowest BCUT2D eigenvalue weighted by Gasteiger charge is -2.39. The second-order valence-electron chi connectivity index (χ2n) is 8.01. The monoisotopic (exact) mass is 511 g/mol. The van der Waals surface area contributed by atoms with Gasteiger partial charge in [0.05, 0.1) is 19.3 Å². The van der Waals surface area contributed by atoms with Crippen LogP contribution in [0.3, 0.4) is 0 Å². The topological polar surface area (TPSA) is 61.4 Å². The van der Waals surface area contributed by atoms with Crippen LogP contribution >= 0.6 is 24.0 Å². The molecule has 0 saturated carbocycles. The number of hydrogen-bond donors (Lipinski definition) is 2. The number of ether oxygens (including phenoxy) is 2. The van der Waals surface area contributed by atoms with Crippen LogP contribution in [0.2, 0.25) is 0 Å². The number of nitrogens with zero attached hydrogens (tertiary/aromatic N) is 3. The second-order valence-corrected chi connectivity index (χ2v) is 8.01. The molecular weight excluding hydrogens is 469 g/mol. The van der Waals surface area contributed by atoms with E-state index in [1.165, 1.54) is 0 Å². The van der Waals surface area contributed by atoms with E-state index < -0.39 is 0 Å². The highest BCUT2D eigenvalue weighted by Gasteiger charge is 2.24. The van der Waals surface area contributed by atoms with Gasteiger partial charge in [0.1, 0.15) is 0 Å². The van der Waals surface area contributed by atoms with E-state index in [0.717, 1.165) is 84.4 Å². The molecule has 2 aliphatic heterocycles. The van der Waals surface area contributed by atoms with Gasteiger partial charge in [-0.1, -0.05) is 13.8 Å². The van der Waals surface area contributed by atoms with Gasteiger partial charge in [0.15, 0.2) is 5.96 Å². The second kappa shape index (κ2) is 14.8. The standard InChI is InChI=1S/C20H41N5O2.HI/c1-5-21-20(22-8-6-13-27-18-7-14-26-16-18)23-15-19(17(2)3)25-11-9-24(4)10-12-25;/h17-19H,5-16H2,1-4H3,(H2,21,22,23);1H. The first-order valence-electron chi connectivity index (χ1n) is 10.7. The Morgan fingerprint density at radius 1 is 1.21 bits per heavy atom. The van der Waals surface area contributed by atoms with Crippen molar-refractivity contribution in [2.45, 2.75) is 45.8 Å². The van der Waals surface area contributed by atoms with Crippen molar-refractivity contribution in [1.82, 2.24) is 20.4 Å². The highest BCUT2D eigenvalue weighted by molar-refractivity contribution is 14.0. The van der Waals surface area contributed by atoms with Crippen molar-refractivity contribution in [3.8, 4) is 0 Å². The molecule has 2 unspecified atom stereocenters. The summed E-state index contributed by atoms with van der Waals surface area (Å²) in [5, 5.41) is 6.82. The van der Waals surface area contributed by atoms with E-state index in [1.807, 2.05) is 0 Å². The Kier molecular flexibility index (Phi) is 13.6. The first kappa shape index (κ1) is 25.9. The quantitative estimate of drug-likeness (QED) is 0.201. The lowest BCUT2D eigenvalue weighted by Crippen LogP contribution is -2.52. The predicted molar refractivity (Wildman–Crippen MR) is 127 cm³/mol. The molecule has 0 bridgehead atoms. The van der Waals surface area contributed by atoms with Crippen molar-refractivity contribution < 1.29 is 9.47 Å². The summed E-state index contributed by atoms with van der Waals surface area (Å²) < 4.78 is 11.2. The number of halogens is 1. The average Bonchev–Trinajstić information content (AvgIpc) is 3.16. The Morgan fingerprint density at radius 3 is 2.57 bits per heavy atom. The molecule has 8 heteroatoms. The van der Waals surface area contributed by atoms with Crippen molar-refractivity contribution in [3.63, 3.8) is 0 Å². The summed E-state index contributed by atoms with van der Waals surface area (Å²) in [6, 6.07) is 0.500. The fraction of sp³-hybridized carbons (Fsp3) is 0.950. The van der Waals surface area contributed by atoms with Crippen molar-refractivity contribution in [2.24, 2.45) is 10.9 Å². The maximum absolute atomic E-state index is 5.83. The van der Waals surface area contributed by atoms with E-state index in [1.54, 1.807) is 0 Å². The zero-order valence-electron chi connectivity index (χ0n) is 18.3. The van der Waals surface area contributed by atoms with Gasteiger partial charge in [-0.3, -0.25) is 9.89 Å². The number of nitrogens with one attached hydrogen (secondary N) is 2. The Hall–Kier alpha value is -0.160. The van der Waals surface area contributed by atoms with E-state index in [0.29, 0.717) is 18.1 Å². The van der Waals surface area contributed by atoms with Crippen molar-refractivity contribution in [3.05, 3.63) is 0 Å². The fourth-order valence-corrected chi connectivity index (χ4v) is 3.60. The summed E-state index contributed by atoms with van der Waals surface area (Å²) in [6.45, 7) is 16.3. The molecular formula is C20H42IN5O2. The number of guanidine groups is 1. The van der Waals surface area contributed by atoms with Crippen LogP contribution in [0.5, 0.6) is 0 Å². The first-order valence-corrected chi connectivity index (χ1v) is 10.7. The molecule has 2 heterocycles. The van der Waals surface area contributed by atoms with Crippen LogP contribution in [0.25, 0.3) is 0 Å². The molecule has 2 N–H and O–H groups in total. The van der Waals surface area contributed by atoms with Gasteiger partial charge in [-0.05, 0) is 32.7 Å². The zero-order chi connectivity index (χ0) is 19.5. The molecule has 0 aromatic heterocycles. The number of aliphatic imine (C=N–C) groups is 1. The van der Waals surface area contributed by atoms with Gasteiger partial charge < -0.3 is 25.0 Å². The molecule has 166 valence electrons. The minimum Gasteiger partial charge on any atom is -0.379 e. The fourth-order valence-electron chi connectivity index (χ4n) is 3.60. The van der Waals surface area contributed by atoms with E-state index in [4.69, 9.17) is 14.5 Å². The van der Waals surface area contributed by atoms with Crippen LogP contribution in [0.1, 0.15) is 33.6 Å². The molecule has 2 aliphatic rings. The molecule has 0 radical (unpaired) electrons. The molecule has 0 aliphatic carbocycles. The Bertz CT molecular complexity index is 425. The average molecular weight is 511 g/mol. The number of hydrogen-bond acceptors (Lipinski definition) is 5. The maximum atomic E-state index is 5.83. The lowest BCUT2D eigenvalue weighted by molar-refractivity contribution is 0.0420. The minimum absolute atomic E-state index is 0. The summed E-state index contributed by atoms with van der Waals surface area (Å²) in [4.78, 5) is 9.89. The van der Waals surface area contributed by atoms with Crippen LogP contribution in [0, 0.1) is 5.92 Å². The van der Waals surface area contributed by atoms with Crippen LogP contribution in [-0.4, -0.2) is 101 Å². The predicted octanol–water partition coefficient (Wildman–Crippen LogP) is 1.63. The van der Waals surface area contributed by atoms with E-state index >= 15 is 0 Å². The molecule has 0 aromatic carbocycles. The summed E-state index contributed by atoms with van der Waals surface area (Å²) in [6.07, 6.45) is 2.30. The van der Waals surface area contributed by atoms with Gasteiger partial charge in [-0.15, -0.1) is 24.0 Å². The Labute approximate surface area is 189 Å². The third-order valence-electron chi connectivity index (χ3n) is 5.41. The first-order chi connectivity index (χ1) is 13.1. The molecule has 0 amide bonds. The van der Waals surface area contributed by atoms with Gasteiger partial charge in [-0.25, -0.2) is 0 Å². The largest absolute Gasteiger partial charge is 0.379 e. The zero-order valence-corrected chi connectivity index (χ0v) is 20.6.